The van der Waals surface area contributed by atoms with Crippen molar-refractivity contribution >= 4 is 0 Å². The second-order valence-electron chi connectivity index (χ2n) is 4.26. The van der Waals surface area contributed by atoms with Crippen LogP contribution in [0.4, 0.5) is 4.39 Å². The summed E-state index contributed by atoms with van der Waals surface area (Å²) in [7, 11) is 0. The van der Waals surface area contributed by atoms with Crippen LogP contribution in [0.2, 0.25) is 0 Å². The average molecular weight is 231 g/mol. The fourth-order valence-corrected chi connectivity index (χ4v) is 1.82. The summed E-state index contributed by atoms with van der Waals surface area (Å²) >= 11 is 0. The van der Waals surface area contributed by atoms with Crippen LogP contribution < -0.4 is 5.56 Å². The Hall–Kier alpha value is -1.90. The van der Waals surface area contributed by atoms with Gasteiger partial charge in [-0.3, -0.25) is 9.36 Å². The molecule has 0 aliphatic heterocycles. The molecule has 2 rings (SSSR count). The van der Waals surface area contributed by atoms with E-state index in [1.54, 1.807) is 22.8 Å². The van der Waals surface area contributed by atoms with E-state index in [1.165, 1.54) is 18.2 Å². The van der Waals surface area contributed by atoms with Gasteiger partial charge in [0.05, 0.1) is 0 Å². The van der Waals surface area contributed by atoms with Crippen LogP contribution in [0.3, 0.4) is 0 Å². The summed E-state index contributed by atoms with van der Waals surface area (Å²) in [6, 6.07) is 11.1. The molecule has 0 amide bonds. The Morgan fingerprint density at radius 3 is 2.29 bits per heavy atom. The lowest BCUT2D eigenvalue weighted by molar-refractivity contribution is 0.627. The van der Waals surface area contributed by atoms with Gasteiger partial charge < -0.3 is 0 Å². The molecule has 0 fully saturated rings. The van der Waals surface area contributed by atoms with Crippen molar-refractivity contribution in [2.24, 2.45) is 0 Å². The Labute approximate surface area is 99.3 Å². The second kappa shape index (κ2) is 4.53. The van der Waals surface area contributed by atoms with E-state index in [0.717, 1.165) is 5.69 Å². The molecule has 0 atom stereocenters. The molecular formula is C14H14FNO. The Kier molecular flexibility index (Phi) is 3.09. The zero-order valence-electron chi connectivity index (χ0n) is 9.85. The number of halogens is 1. The highest BCUT2D eigenvalue weighted by Crippen LogP contribution is 2.16. The summed E-state index contributed by atoms with van der Waals surface area (Å²) in [5.74, 6) is -0.0715. The van der Waals surface area contributed by atoms with Crippen LogP contribution in [0.15, 0.2) is 47.3 Å². The summed E-state index contributed by atoms with van der Waals surface area (Å²) in [4.78, 5) is 11.9. The summed E-state index contributed by atoms with van der Waals surface area (Å²) in [6.45, 7) is 4.05. The zero-order chi connectivity index (χ0) is 12.4. The molecule has 17 heavy (non-hydrogen) atoms. The summed E-state index contributed by atoms with van der Waals surface area (Å²) in [5, 5.41) is 0. The third-order valence-electron chi connectivity index (χ3n) is 2.66. The Morgan fingerprint density at radius 1 is 1.06 bits per heavy atom. The number of benzene rings is 1. The molecule has 2 aromatic rings. The molecule has 1 heterocycles. The number of rotatable bonds is 2. The second-order valence-corrected chi connectivity index (χ2v) is 4.26. The Bertz CT molecular complexity index is 570. The molecule has 0 spiro atoms. The van der Waals surface area contributed by atoms with Crippen LogP contribution in [0.25, 0.3) is 5.69 Å². The fraction of sp³-hybridized carbons (Fsp3) is 0.214. The third kappa shape index (κ3) is 2.28. The largest absolute Gasteiger partial charge is 0.281 e. The SMILES string of the molecule is CC(C)c1cccc(=O)n1-c1ccc(F)cc1. The monoisotopic (exact) mass is 231 g/mol. The van der Waals surface area contributed by atoms with Gasteiger partial charge in [0, 0.05) is 17.4 Å². The molecule has 0 aliphatic carbocycles. The highest BCUT2D eigenvalue weighted by molar-refractivity contribution is 5.35. The van der Waals surface area contributed by atoms with E-state index in [9.17, 15) is 9.18 Å². The normalized spacial score (nSPS) is 10.8. The lowest BCUT2D eigenvalue weighted by Gasteiger charge is -2.15. The lowest BCUT2D eigenvalue weighted by atomic mass is 10.1. The minimum absolute atomic E-state index is 0.0946. The van der Waals surface area contributed by atoms with Gasteiger partial charge in [0.1, 0.15) is 5.82 Å². The molecule has 0 bridgehead atoms. The minimum Gasteiger partial charge on any atom is -0.281 e. The molecule has 0 saturated carbocycles. The summed E-state index contributed by atoms with van der Waals surface area (Å²) in [5.41, 5.74) is 1.52. The van der Waals surface area contributed by atoms with Gasteiger partial charge in [0.15, 0.2) is 0 Å². The van der Waals surface area contributed by atoms with Crippen LogP contribution in [0.1, 0.15) is 25.5 Å². The van der Waals surface area contributed by atoms with Gasteiger partial charge in [-0.25, -0.2) is 4.39 Å². The Morgan fingerprint density at radius 2 is 1.71 bits per heavy atom. The van der Waals surface area contributed by atoms with Gasteiger partial charge >= 0.3 is 0 Å². The number of nitrogens with zero attached hydrogens (tertiary/aromatic N) is 1. The van der Waals surface area contributed by atoms with Crippen molar-refractivity contribution in [3.05, 3.63) is 64.3 Å². The number of aromatic nitrogens is 1. The molecule has 0 radical (unpaired) electrons. The number of pyridine rings is 1. The summed E-state index contributed by atoms with van der Waals surface area (Å²) in [6.07, 6.45) is 0. The van der Waals surface area contributed by atoms with E-state index in [2.05, 4.69) is 0 Å². The van der Waals surface area contributed by atoms with Crippen LogP contribution in [-0.4, -0.2) is 4.57 Å². The van der Waals surface area contributed by atoms with Crippen molar-refractivity contribution < 1.29 is 4.39 Å². The predicted molar refractivity (Wildman–Crippen MR) is 66.1 cm³/mol. The number of hydrogen-bond acceptors (Lipinski definition) is 1. The third-order valence-corrected chi connectivity index (χ3v) is 2.66. The molecule has 0 saturated heterocycles. The maximum Gasteiger partial charge on any atom is 0.255 e. The van der Waals surface area contributed by atoms with E-state index >= 15 is 0 Å². The first kappa shape index (κ1) is 11.6. The molecule has 1 aromatic heterocycles. The zero-order valence-corrected chi connectivity index (χ0v) is 9.85. The molecule has 2 nitrogen and oxygen atoms in total. The molecule has 0 aliphatic rings. The highest BCUT2D eigenvalue weighted by atomic mass is 19.1. The average Bonchev–Trinajstić information content (AvgIpc) is 2.30. The number of hydrogen-bond donors (Lipinski definition) is 0. The maximum atomic E-state index is 12.9. The molecule has 3 heteroatoms. The van der Waals surface area contributed by atoms with E-state index in [4.69, 9.17) is 0 Å². The van der Waals surface area contributed by atoms with Gasteiger partial charge in [0.2, 0.25) is 0 Å². The Balaban J connectivity index is 2.65. The van der Waals surface area contributed by atoms with Gasteiger partial charge in [0.25, 0.3) is 5.56 Å². The van der Waals surface area contributed by atoms with Crippen molar-refractivity contribution in [2.75, 3.05) is 0 Å². The first-order chi connectivity index (χ1) is 8.09. The van der Waals surface area contributed by atoms with Gasteiger partial charge in [-0.15, -0.1) is 0 Å². The standard InChI is InChI=1S/C14H14FNO/c1-10(2)13-4-3-5-14(17)16(13)12-8-6-11(15)7-9-12/h3-10H,1-2H3. The molecule has 0 unspecified atom stereocenters. The lowest BCUT2D eigenvalue weighted by Crippen LogP contribution is -2.21. The van der Waals surface area contributed by atoms with Crippen molar-refractivity contribution in [3.8, 4) is 5.69 Å². The quantitative estimate of drug-likeness (QED) is 0.778. The van der Waals surface area contributed by atoms with E-state index < -0.39 is 0 Å². The van der Waals surface area contributed by atoms with Gasteiger partial charge in [-0.05, 0) is 36.2 Å². The first-order valence-corrected chi connectivity index (χ1v) is 5.57. The topological polar surface area (TPSA) is 22.0 Å². The highest BCUT2D eigenvalue weighted by Gasteiger charge is 2.08. The first-order valence-electron chi connectivity index (χ1n) is 5.57. The maximum absolute atomic E-state index is 12.9. The van der Waals surface area contributed by atoms with Crippen LogP contribution in [0.5, 0.6) is 0 Å². The van der Waals surface area contributed by atoms with E-state index in [1.807, 2.05) is 19.9 Å². The smallest absolute Gasteiger partial charge is 0.255 e. The predicted octanol–water partition coefficient (Wildman–Crippen LogP) is 3.10. The van der Waals surface area contributed by atoms with Gasteiger partial charge in [-0.1, -0.05) is 19.9 Å². The molecule has 1 aromatic carbocycles. The van der Waals surface area contributed by atoms with Gasteiger partial charge in [-0.2, -0.15) is 0 Å². The van der Waals surface area contributed by atoms with Crippen molar-refractivity contribution in [1.82, 2.24) is 4.57 Å². The molecular weight excluding hydrogens is 217 g/mol. The van der Waals surface area contributed by atoms with Crippen molar-refractivity contribution in [3.63, 3.8) is 0 Å². The van der Waals surface area contributed by atoms with Crippen molar-refractivity contribution in [2.45, 2.75) is 19.8 Å². The fourth-order valence-electron chi connectivity index (χ4n) is 1.82. The van der Waals surface area contributed by atoms with E-state index in [0.29, 0.717) is 5.69 Å². The van der Waals surface area contributed by atoms with Crippen molar-refractivity contribution in [1.29, 1.82) is 0 Å². The minimum atomic E-state index is -0.302. The van der Waals surface area contributed by atoms with Crippen LogP contribution >= 0.6 is 0 Å². The van der Waals surface area contributed by atoms with Crippen LogP contribution in [0, 0.1) is 5.82 Å². The summed E-state index contributed by atoms with van der Waals surface area (Å²) < 4.78 is 14.5. The van der Waals surface area contributed by atoms with Crippen LogP contribution in [-0.2, 0) is 0 Å². The molecule has 0 N–H and O–H groups in total. The molecule has 88 valence electrons. The van der Waals surface area contributed by atoms with E-state index in [-0.39, 0.29) is 17.3 Å².